The van der Waals surface area contributed by atoms with E-state index >= 15 is 0 Å². The summed E-state index contributed by atoms with van der Waals surface area (Å²) in [6, 6.07) is 0. The highest BCUT2D eigenvalue weighted by molar-refractivity contribution is 5.77. The van der Waals surface area contributed by atoms with Gasteiger partial charge in [0.25, 0.3) is 0 Å². The van der Waals surface area contributed by atoms with Crippen molar-refractivity contribution in [2.75, 3.05) is 0 Å². The summed E-state index contributed by atoms with van der Waals surface area (Å²) in [6.07, 6.45) is 11.1. The van der Waals surface area contributed by atoms with Gasteiger partial charge in [-0.1, -0.05) is 18.8 Å². The molecule has 106 valence electrons. The lowest BCUT2D eigenvalue weighted by atomic mass is 9.82. The molecule has 0 N–H and O–H groups in total. The molecule has 4 nitrogen and oxygen atoms in total. The van der Waals surface area contributed by atoms with E-state index < -0.39 is 6.10 Å². The van der Waals surface area contributed by atoms with Gasteiger partial charge in [0.2, 0.25) is 0 Å². The van der Waals surface area contributed by atoms with Gasteiger partial charge in [-0.2, -0.15) is 0 Å². The third-order valence-corrected chi connectivity index (χ3v) is 4.35. The van der Waals surface area contributed by atoms with Gasteiger partial charge >= 0.3 is 11.9 Å². The van der Waals surface area contributed by atoms with Crippen molar-refractivity contribution in [3.8, 4) is 24.7 Å². The Labute approximate surface area is 119 Å². The Bertz CT molecular complexity index is 496. The van der Waals surface area contributed by atoms with E-state index in [1.165, 1.54) is 0 Å². The number of hydrogen-bond acceptors (Lipinski definition) is 4. The second-order valence-electron chi connectivity index (χ2n) is 5.51. The Morgan fingerprint density at radius 1 is 1.00 bits per heavy atom. The monoisotopic (exact) mass is 274 g/mol. The lowest BCUT2D eigenvalue weighted by Gasteiger charge is -2.16. The van der Waals surface area contributed by atoms with Crippen LogP contribution in [0.1, 0.15) is 26.7 Å². The van der Waals surface area contributed by atoms with Gasteiger partial charge in [0.1, 0.15) is 6.10 Å². The molecule has 2 fully saturated rings. The maximum absolute atomic E-state index is 11.8. The molecule has 0 amide bonds. The Balaban J connectivity index is 1.99. The van der Waals surface area contributed by atoms with Crippen LogP contribution in [0.3, 0.4) is 0 Å². The van der Waals surface area contributed by atoms with Crippen LogP contribution in [0.25, 0.3) is 0 Å². The average Bonchev–Trinajstić information content (AvgIpc) is 2.84. The molecule has 0 radical (unpaired) electrons. The summed E-state index contributed by atoms with van der Waals surface area (Å²) in [5, 5.41) is 0. The Morgan fingerprint density at radius 2 is 1.60 bits per heavy atom. The molecule has 0 spiro atoms. The SMILES string of the molecule is C#CC1OC(=O)C(CCC2C(=O)OC(C)C2C#C)C1C. The summed E-state index contributed by atoms with van der Waals surface area (Å²) in [5.41, 5.74) is 0. The van der Waals surface area contributed by atoms with E-state index in [2.05, 4.69) is 11.8 Å². The number of carbonyl (C=O) groups is 2. The molecule has 0 aromatic rings. The molecular weight excluding hydrogens is 256 g/mol. The smallest absolute Gasteiger partial charge is 0.310 e. The zero-order valence-corrected chi connectivity index (χ0v) is 11.7. The van der Waals surface area contributed by atoms with Crippen molar-refractivity contribution in [2.45, 2.75) is 38.9 Å². The Morgan fingerprint density at radius 3 is 2.15 bits per heavy atom. The second kappa shape index (κ2) is 5.59. The van der Waals surface area contributed by atoms with E-state index in [1.54, 1.807) is 6.92 Å². The highest BCUT2D eigenvalue weighted by Crippen LogP contribution is 2.36. The number of terminal acetylenes is 2. The molecule has 6 atom stereocenters. The third kappa shape index (κ3) is 2.39. The van der Waals surface area contributed by atoms with Crippen molar-refractivity contribution in [3.05, 3.63) is 0 Å². The lowest BCUT2D eigenvalue weighted by molar-refractivity contribution is -0.145. The molecule has 2 rings (SSSR count). The number of rotatable bonds is 3. The van der Waals surface area contributed by atoms with E-state index in [0.29, 0.717) is 12.8 Å². The fraction of sp³-hybridized carbons (Fsp3) is 0.625. The van der Waals surface area contributed by atoms with Crippen LogP contribution in [0.4, 0.5) is 0 Å². The van der Waals surface area contributed by atoms with Gasteiger partial charge in [0.05, 0.1) is 17.8 Å². The quantitative estimate of drug-likeness (QED) is 0.576. The fourth-order valence-corrected chi connectivity index (χ4v) is 3.04. The number of carbonyl (C=O) groups excluding carboxylic acids is 2. The van der Waals surface area contributed by atoms with Crippen LogP contribution in [-0.2, 0) is 19.1 Å². The van der Waals surface area contributed by atoms with Crippen LogP contribution in [0.5, 0.6) is 0 Å². The highest BCUT2D eigenvalue weighted by Gasteiger charge is 2.45. The molecule has 0 aliphatic carbocycles. The first-order valence-electron chi connectivity index (χ1n) is 6.82. The largest absolute Gasteiger partial charge is 0.461 e. The van der Waals surface area contributed by atoms with E-state index in [0.717, 1.165) is 0 Å². The van der Waals surface area contributed by atoms with Crippen molar-refractivity contribution in [1.82, 2.24) is 0 Å². The van der Waals surface area contributed by atoms with Gasteiger partial charge in [0.15, 0.2) is 6.10 Å². The van der Waals surface area contributed by atoms with E-state index in [9.17, 15) is 9.59 Å². The van der Waals surface area contributed by atoms with Gasteiger partial charge in [0, 0.05) is 5.92 Å². The van der Waals surface area contributed by atoms with Crippen LogP contribution < -0.4 is 0 Å². The van der Waals surface area contributed by atoms with Crippen LogP contribution in [0.2, 0.25) is 0 Å². The number of ether oxygens (including phenoxy) is 2. The van der Waals surface area contributed by atoms with Crippen molar-refractivity contribution < 1.29 is 19.1 Å². The zero-order chi connectivity index (χ0) is 14.9. The summed E-state index contributed by atoms with van der Waals surface area (Å²) < 4.78 is 10.3. The van der Waals surface area contributed by atoms with Crippen molar-refractivity contribution in [2.24, 2.45) is 23.7 Å². The molecule has 2 aliphatic heterocycles. The van der Waals surface area contributed by atoms with Gasteiger partial charge in [-0.25, -0.2) is 0 Å². The molecule has 2 aliphatic rings. The second-order valence-corrected chi connectivity index (χ2v) is 5.51. The van der Waals surface area contributed by atoms with Gasteiger partial charge in [-0.3, -0.25) is 9.59 Å². The Kier molecular flexibility index (Phi) is 4.04. The van der Waals surface area contributed by atoms with Gasteiger partial charge in [-0.05, 0) is 19.8 Å². The predicted octanol–water partition coefficient (Wildman–Crippen LogP) is 1.39. The minimum atomic E-state index is -0.467. The minimum Gasteiger partial charge on any atom is -0.461 e. The van der Waals surface area contributed by atoms with Crippen molar-refractivity contribution >= 4 is 11.9 Å². The standard InChI is InChI=1S/C16H18O4/c1-5-11-10(4)19-16(18)13(11)8-7-12-9(3)14(6-2)20-15(12)17/h1-2,9-14H,7-8H2,3-4H3. The highest BCUT2D eigenvalue weighted by atomic mass is 16.6. The average molecular weight is 274 g/mol. The van der Waals surface area contributed by atoms with Crippen LogP contribution in [0, 0.1) is 48.4 Å². The zero-order valence-electron chi connectivity index (χ0n) is 11.7. The van der Waals surface area contributed by atoms with Crippen LogP contribution in [0.15, 0.2) is 0 Å². The normalized spacial score (nSPS) is 39.8. The first kappa shape index (κ1) is 14.5. The maximum atomic E-state index is 11.8. The first-order chi connectivity index (χ1) is 9.49. The molecule has 2 heterocycles. The van der Waals surface area contributed by atoms with Crippen LogP contribution >= 0.6 is 0 Å². The van der Waals surface area contributed by atoms with E-state index in [1.807, 2.05) is 6.92 Å². The minimum absolute atomic E-state index is 0.0355. The van der Waals surface area contributed by atoms with E-state index in [4.69, 9.17) is 22.3 Å². The van der Waals surface area contributed by atoms with E-state index in [-0.39, 0.29) is 41.7 Å². The third-order valence-electron chi connectivity index (χ3n) is 4.35. The molecular formula is C16H18O4. The molecule has 0 aromatic carbocycles. The number of esters is 2. The molecule has 4 heteroatoms. The maximum Gasteiger partial charge on any atom is 0.310 e. The summed E-state index contributed by atoms with van der Waals surface area (Å²) in [5.74, 6) is 3.68. The van der Waals surface area contributed by atoms with Crippen molar-refractivity contribution in [1.29, 1.82) is 0 Å². The fourth-order valence-electron chi connectivity index (χ4n) is 3.04. The lowest BCUT2D eigenvalue weighted by Crippen LogP contribution is -2.22. The van der Waals surface area contributed by atoms with Crippen LogP contribution in [-0.4, -0.2) is 24.1 Å². The topological polar surface area (TPSA) is 52.6 Å². The number of hydrogen-bond donors (Lipinski definition) is 0. The molecule has 20 heavy (non-hydrogen) atoms. The van der Waals surface area contributed by atoms with Crippen molar-refractivity contribution in [3.63, 3.8) is 0 Å². The summed E-state index contributed by atoms with van der Waals surface area (Å²) >= 11 is 0. The van der Waals surface area contributed by atoms with Gasteiger partial charge in [-0.15, -0.1) is 12.8 Å². The summed E-state index contributed by atoms with van der Waals surface area (Å²) in [4.78, 5) is 23.6. The molecule has 0 bridgehead atoms. The first-order valence-corrected chi connectivity index (χ1v) is 6.82. The summed E-state index contributed by atoms with van der Waals surface area (Å²) in [6.45, 7) is 3.69. The molecule has 0 saturated carbocycles. The predicted molar refractivity (Wildman–Crippen MR) is 72.0 cm³/mol. The summed E-state index contributed by atoms with van der Waals surface area (Å²) in [7, 11) is 0. The molecule has 0 aromatic heterocycles. The number of cyclic esters (lactones) is 2. The Hall–Kier alpha value is -1.94. The van der Waals surface area contributed by atoms with Gasteiger partial charge < -0.3 is 9.47 Å². The molecule has 2 saturated heterocycles. The molecule has 6 unspecified atom stereocenters.